The van der Waals surface area contributed by atoms with Gasteiger partial charge in [0.2, 0.25) is 0 Å². The van der Waals surface area contributed by atoms with E-state index in [1.54, 1.807) is 49.1 Å². The van der Waals surface area contributed by atoms with Crippen molar-refractivity contribution < 1.29 is 23.8 Å². The molecule has 4 aromatic rings. The number of amides is 1. The molecule has 3 aromatic carbocycles. The first-order valence-electron chi connectivity index (χ1n) is 13.9. The van der Waals surface area contributed by atoms with Gasteiger partial charge < -0.3 is 19.1 Å². The Morgan fingerprint density at radius 3 is 2.48 bits per heavy atom. The molecule has 6 rings (SSSR count). The number of allylic oxidation sites excluding steroid dienone is 1. The number of nitrogens with zero attached hydrogens (tertiary/aromatic N) is 3. The van der Waals surface area contributed by atoms with E-state index in [1.807, 2.05) is 36.4 Å². The van der Waals surface area contributed by atoms with Crippen LogP contribution in [-0.2, 0) is 20.9 Å². The van der Waals surface area contributed by atoms with Gasteiger partial charge in [0.15, 0.2) is 4.80 Å². The third-order valence-corrected chi connectivity index (χ3v) is 8.93. The second kappa shape index (κ2) is 11.8. The number of esters is 1. The highest BCUT2D eigenvalue weighted by atomic mass is 35.5. The zero-order chi connectivity index (χ0) is 31.1. The number of methoxy groups -OCH3 is 2. The summed E-state index contributed by atoms with van der Waals surface area (Å²) >= 11 is 7.19. The van der Waals surface area contributed by atoms with Crippen molar-refractivity contribution in [1.29, 1.82) is 0 Å². The van der Waals surface area contributed by atoms with Crippen LogP contribution in [-0.4, -0.2) is 37.3 Å². The van der Waals surface area contributed by atoms with Gasteiger partial charge in [-0.1, -0.05) is 53.3 Å². The van der Waals surface area contributed by atoms with Gasteiger partial charge in [-0.25, -0.2) is 9.79 Å². The van der Waals surface area contributed by atoms with E-state index in [4.69, 9.17) is 25.8 Å². The highest BCUT2D eigenvalue weighted by molar-refractivity contribution is 7.07. The Morgan fingerprint density at radius 1 is 1.02 bits per heavy atom. The predicted molar refractivity (Wildman–Crippen MR) is 168 cm³/mol. The summed E-state index contributed by atoms with van der Waals surface area (Å²) in [7, 11) is 3.05. The minimum absolute atomic E-state index is 0.140. The fraction of sp³-hybridized carbons (Fsp3) is 0.212. The third kappa shape index (κ3) is 4.89. The number of rotatable bonds is 7. The highest BCUT2D eigenvalue weighted by Crippen LogP contribution is 2.39. The Labute approximate surface area is 261 Å². The lowest BCUT2D eigenvalue weighted by Gasteiger charge is -2.26. The van der Waals surface area contributed by atoms with E-state index in [0.717, 1.165) is 16.9 Å². The summed E-state index contributed by atoms with van der Waals surface area (Å²) < 4.78 is 18.3. The number of carbonyl (C=O) groups excluding carboxylic acids is 2. The van der Waals surface area contributed by atoms with E-state index in [-0.39, 0.29) is 28.2 Å². The van der Waals surface area contributed by atoms with Crippen molar-refractivity contribution in [1.82, 2.24) is 4.57 Å². The Kier molecular flexibility index (Phi) is 7.87. The molecule has 1 atom stereocenters. The van der Waals surface area contributed by atoms with Crippen LogP contribution in [0.1, 0.15) is 36.6 Å². The van der Waals surface area contributed by atoms with E-state index in [9.17, 15) is 14.4 Å². The molecule has 224 valence electrons. The lowest BCUT2D eigenvalue weighted by molar-refractivity contribution is -0.139. The molecule has 2 aliphatic heterocycles. The normalized spacial score (nSPS) is 16.8. The summed E-state index contributed by atoms with van der Waals surface area (Å²) in [5.74, 6) is 0.0598. The molecule has 2 aliphatic rings. The molecule has 0 N–H and O–H groups in total. The maximum Gasteiger partial charge on any atom is 0.338 e. The van der Waals surface area contributed by atoms with E-state index < -0.39 is 17.6 Å². The molecule has 0 bridgehead atoms. The molecule has 11 heteroatoms. The number of carbonyl (C=O) groups is 2. The monoisotopic (exact) mass is 629 g/mol. The van der Waals surface area contributed by atoms with Gasteiger partial charge in [-0.2, -0.15) is 0 Å². The number of ether oxygens (including phenoxy) is 3. The topological polar surface area (TPSA) is 99.4 Å². The van der Waals surface area contributed by atoms with Crippen LogP contribution in [0.25, 0.3) is 5.57 Å². The van der Waals surface area contributed by atoms with Crippen LogP contribution in [0, 0.1) is 0 Å². The molecule has 1 amide bonds. The van der Waals surface area contributed by atoms with E-state index in [0.29, 0.717) is 50.4 Å². The predicted octanol–water partition coefficient (Wildman–Crippen LogP) is 4.39. The van der Waals surface area contributed by atoms with Crippen molar-refractivity contribution in [3.63, 3.8) is 0 Å². The molecule has 1 aromatic heterocycles. The summed E-state index contributed by atoms with van der Waals surface area (Å²) in [5, 5.41) is 0.600. The van der Waals surface area contributed by atoms with Crippen LogP contribution in [0.4, 0.5) is 5.69 Å². The zero-order valence-corrected chi connectivity index (χ0v) is 26.0. The second-order valence-electron chi connectivity index (χ2n) is 10.1. The number of benzene rings is 3. The number of anilines is 1. The number of para-hydroxylation sites is 1. The largest absolute Gasteiger partial charge is 0.497 e. The molecule has 44 heavy (non-hydrogen) atoms. The average Bonchev–Trinajstić information content (AvgIpc) is 3.49. The van der Waals surface area contributed by atoms with Crippen molar-refractivity contribution in [2.75, 3.05) is 25.7 Å². The second-order valence-corrected chi connectivity index (χ2v) is 11.6. The zero-order valence-electron chi connectivity index (χ0n) is 24.4. The lowest BCUT2D eigenvalue weighted by atomic mass is 9.94. The van der Waals surface area contributed by atoms with Gasteiger partial charge in [-0.15, -0.1) is 0 Å². The molecule has 0 spiro atoms. The van der Waals surface area contributed by atoms with Crippen molar-refractivity contribution in [3.8, 4) is 11.5 Å². The Morgan fingerprint density at radius 2 is 1.77 bits per heavy atom. The standard InChI is InChI=1S/C33H28ClN3O6S/c1-5-43-32(40)26-18(2)35-33-37(28(26)23-16-21(41-3)14-15-25(23)42-4)31(39)29(44-33)27-22-8-6-7-9-24(22)36(30(27)38)17-19-10-12-20(34)13-11-19/h6-16,28H,5,17H2,1-4H3/b29-27+/t28-/m0/s1. The van der Waals surface area contributed by atoms with Gasteiger partial charge in [0.05, 0.1) is 49.9 Å². The molecule has 0 radical (unpaired) electrons. The van der Waals surface area contributed by atoms with Gasteiger partial charge in [-0.3, -0.25) is 14.2 Å². The van der Waals surface area contributed by atoms with Gasteiger partial charge in [-0.05, 0) is 55.8 Å². The molecule has 3 heterocycles. The number of thiazole rings is 1. The number of hydrogen-bond donors (Lipinski definition) is 0. The fourth-order valence-corrected chi connectivity index (χ4v) is 6.88. The van der Waals surface area contributed by atoms with Crippen LogP contribution in [0.15, 0.2) is 87.8 Å². The highest BCUT2D eigenvalue weighted by Gasteiger charge is 2.38. The van der Waals surface area contributed by atoms with Gasteiger partial charge in [0.25, 0.3) is 11.5 Å². The molecule has 0 saturated carbocycles. The molecule has 9 nitrogen and oxygen atoms in total. The van der Waals surface area contributed by atoms with E-state index >= 15 is 0 Å². The quantitative estimate of drug-likeness (QED) is 0.281. The van der Waals surface area contributed by atoms with Crippen LogP contribution < -0.4 is 29.3 Å². The van der Waals surface area contributed by atoms with Crippen LogP contribution in [0.3, 0.4) is 0 Å². The Bertz CT molecular complexity index is 2030. The van der Waals surface area contributed by atoms with Crippen LogP contribution >= 0.6 is 22.9 Å². The van der Waals surface area contributed by atoms with Crippen molar-refractivity contribution in [3.05, 3.63) is 119 Å². The first-order valence-corrected chi connectivity index (χ1v) is 15.1. The number of hydrogen-bond acceptors (Lipinski definition) is 8. The summed E-state index contributed by atoms with van der Waals surface area (Å²) in [6, 6.07) is 18.9. The molecular formula is C33H28ClN3O6S. The Hall–Kier alpha value is -4.67. The van der Waals surface area contributed by atoms with Crippen LogP contribution in [0.2, 0.25) is 5.02 Å². The minimum Gasteiger partial charge on any atom is -0.497 e. The maximum absolute atomic E-state index is 14.5. The van der Waals surface area contributed by atoms with Gasteiger partial charge in [0, 0.05) is 16.1 Å². The SMILES string of the molecule is CCOC(=O)C1=C(C)N=c2s/c(=C3/C(=O)N(Cc4ccc(Cl)cc4)c4ccccc43)c(=O)n2[C@H]1c1cc(OC)ccc1OC. The Balaban J connectivity index is 1.60. The van der Waals surface area contributed by atoms with Crippen molar-refractivity contribution in [2.45, 2.75) is 26.4 Å². The smallest absolute Gasteiger partial charge is 0.338 e. The molecule has 0 aliphatic carbocycles. The number of fused-ring (bicyclic) bond motifs is 2. The molecule has 0 saturated heterocycles. The number of halogens is 1. The summed E-state index contributed by atoms with van der Waals surface area (Å²) in [6.45, 7) is 3.85. The van der Waals surface area contributed by atoms with E-state index in [1.165, 1.54) is 18.8 Å². The van der Waals surface area contributed by atoms with Crippen molar-refractivity contribution in [2.24, 2.45) is 4.99 Å². The first-order chi connectivity index (χ1) is 21.3. The molecule has 0 unspecified atom stereocenters. The summed E-state index contributed by atoms with van der Waals surface area (Å²) in [4.78, 5) is 48.7. The van der Waals surface area contributed by atoms with Gasteiger partial charge in [0.1, 0.15) is 22.1 Å². The summed E-state index contributed by atoms with van der Waals surface area (Å²) in [5.41, 5.74) is 3.18. The third-order valence-electron chi connectivity index (χ3n) is 7.63. The van der Waals surface area contributed by atoms with Gasteiger partial charge >= 0.3 is 5.97 Å². The fourth-order valence-electron chi connectivity index (χ4n) is 5.62. The minimum atomic E-state index is -0.943. The number of aromatic nitrogens is 1. The van der Waals surface area contributed by atoms with E-state index in [2.05, 4.69) is 4.99 Å². The molecule has 0 fully saturated rings. The average molecular weight is 630 g/mol. The maximum atomic E-state index is 14.5. The van der Waals surface area contributed by atoms with Crippen molar-refractivity contribution >= 4 is 46.1 Å². The molecular weight excluding hydrogens is 602 g/mol. The lowest BCUT2D eigenvalue weighted by Crippen LogP contribution is -2.41. The van der Waals surface area contributed by atoms with Crippen LogP contribution in [0.5, 0.6) is 11.5 Å². The summed E-state index contributed by atoms with van der Waals surface area (Å²) in [6.07, 6.45) is 0. The first kappa shape index (κ1) is 29.4.